The summed E-state index contributed by atoms with van der Waals surface area (Å²) in [7, 11) is 0. The molecule has 1 amide bonds. The molecule has 0 bridgehead atoms. The van der Waals surface area contributed by atoms with Gasteiger partial charge in [-0.15, -0.1) is 0 Å². The summed E-state index contributed by atoms with van der Waals surface area (Å²) >= 11 is 0. The molecule has 2 rings (SSSR count). The van der Waals surface area contributed by atoms with Gasteiger partial charge in [0.25, 0.3) is 0 Å². The minimum absolute atomic E-state index is 0.464. The molecule has 0 spiro atoms. The third kappa shape index (κ3) is 4.71. The maximum atomic E-state index is 12.2. The van der Waals surface area contributed by atoms with Gasteiger partial charge in [-0.1, -0.05) is 36.4 Å². The Labute approximate surface area is 135 Å². The Morgan fingerprint density at radius 3 is 2.39 bits per heavy atom. The molecule has 0 aliphatic heterocycles. The van der Waals surface area contributed by atoms with Crippen LogP contribution >= 0.6 is 0 Å². The van der Waals surface area contributed by atoms with Crippen molar-refractivity contribution >= 4 is 22.8 Å². The van der Waals surface area contributed by atoms with Crippen LogP contribution in [-0.4, -0.2) is 23.7 Å². The van der Waals surface area contributed by atoms with Gasteiger partial charge in [0.05, 0.1) is 0 Å². The Bertz CT molecular complexity index is 713. The van der Waals surface area contributed by atoms with Gasteiger partial charge in [0.1, 0.15) is 17.4 Å². The Morgan fingerprint density at radius 1 is 1.04 bits per heavy atom. The summed E-state index contributed by atoms with van der Waals surface area (Å²) in [5.41, 5.74) is -0.622. The quantitative estimate of drug-likeness (QED) is 0.693. The second-order valence-corrected chi connectivity index (χ2v) is 6.27. The van der Waals surface area contributed by atoms with E-state index in [2.05, 4.69) is 5.32 Å². The number of nitrogens with one attached hydrogen (secondary N) is 1. The molecule has 5 nitrogen and oxygen atoms in total. The third-order valence-corrected chi connectivity index (χ3v) is 3.05. The molecule has 122 valence electrons. The molecule has 23 heavy (non-hydrogen) atoms. The number of alkyl carbamates (subject to hydrolysis) is 1. The molecule has 0 saturated carbocycles. The molecule has 0 heterocycles. The van der Waals surface area contributed by atoms with E-state index in [4.69, 9.17) is 9.47 Å². The van der Waals surface area contributed by atoms with E-state index in [1.165, 1.54) is 0 Å². The first kappa shape index (κ1) is 16.8. The van der Waals surface area contributed by atoms with Gasteiger partial charge in [0.2, 0.25) is 0 Å². The Balaban J connectivity index is 2.04. The van der Waals surface area contributed by atoms with Crippen molar-refractivity contribution in [2.45, 2.75) is 39.3 Å². The SMILES string of the molecule is C[C@@H](NC(=O)OC(C)(C)C)C(=O)Oc1cccc2ccccc12. The predicted molar refractivity (Wildman–Crippen MR) is 88.4 cm³/mol. The fourth-order valence-electron chi connectivity index (χ4n) is 2.02. The first-order chi connectivity index (χ1) is 10.8. The number of hydrogen-bond acceptors (Lipinski definition) is 4. The first-order valence-electron chi connectivity index (χ1n) is 7.45. The second-order valence-electron chi connectivity index (χ2n) is 6.27. The zero-order valence-corrected chi connectivity index (χ0v) is 13.8. The Kier molecular flexibility index (Phi) is 4.89. The van der Waals surface area contributed by atoms with E-state index in [1.54, 1.807) is 33.8 Å². The van der Waals surface area contributed by atoms with Crippen LogP contribution in [0.3, 0.4) is 0 Å². The molecular weight excluding hydrogens is 294 g/mol. The zero-order valence-electron chi connectivity index (χ0n) is 13.8. The van der Waals surface area contributed by atoms with Crippen molar-refractivity contribution in [3.63, 3.8) is 0 Å². The molecule has 0 aliphatic carbocycles. The number of ether oxygens (including phenoxy) is 2. The van der Waals surface area contributed by atoms with Crippen molar-refractivity contribution in [1.82, 2.24) is 5.32 Å². The number of benzene rings is 2. The number of esters is 1. The molecule has 1 atom stereocenters. The zero-order chi connectivity index (χ0) is 17.0. The van der Waals surface area contributed by atoms with Gasteiger partial charge in [-0.05, 0) is 39.1 Å². The largest absolute Gasteiger partial charge is 0.444 e. The van der Waals surface area contributed by atoms with Crippen LogP contribution in [0, 0.1) is 0 Å². The molecule has 5 heteroatoms. The molecule has 0 aliphatic rings. The maximum absolute atomic E-state index is 12.2. The standard InChI is InChI=1S/C18H21NO4/c1-12(19-17(21)23-18(2,3)4)16(20)22-15-11-7-9-13-8-5-6-10-14(13)15/h5-12H,1-4H3,(H,19,21)/t12-/m1/s1. The van der Waals surface area contributed by atoms with Gasteiger partial charge in [0.15, 0.2) is 0 Å². The van der Waals surface area contributed by atoms with Crippen molar-refractivity contribution in [2.75, 3.05) is 0 Å². The van der Waals surface area contributed by atoms with Crippen LogP contribution in [0.5, 0.6) is 5.75 Å². The van der Waals surface area contributed by atoms with E-state index in [9.17, 15) is 9.59 Å². The van der Waals surface area contributed by atoms with Crippen molar-refractivity contribution < 1.29 is 19.1 Å². The summed E-state index contributed by atoms with van der Waals surface area (Å²) < 4.78 is 10.5. The van der Waals surface area contributed by atoms with Crippen molar-refractivity contribution in [3.05, 3.63) is 42.5 Å². The summed E-state index contributed by atoms with van der Waals surface area (Å²) in [5.74, 6) is -0.0850. The Hall–Kier alpha value is -2.56. The second kappa shape index (κ2) is 6.69. The lowest BCUT2D eigenvalue weighted by Crippen LogP contribution is -2.43. The van der Waals surface area contributed by atoms with E-state index >= 15 is 0 Å². The smallest absolute Gasteiger partial charge is 0.408 e. The number of hydrogen-bond donors (Lipinski definition) is 1. The summed E-state index contributed by atoms with van der Waals surface area (Å²) in [6, 6.07) is 12.3. The summed E-state index contributed by atoms with van der Waals surface area (Å²) in [4.78, 5) is 23.9. The lowest BCUT2D eigenvalue weighted by Gasteiger charge is -2.21. The average molecular weight is 315 g/mol. The van der Waals surface area contributed by atoms with E-state index < -0.39 is 23.7 Å². The highest BCUT2D eigenvalue weighted by Crippen LogP contribution is 2.25. The maximum Gasteiger partial charge on any atom is 0.408 e. The minimum atomic E-state index is -0.816. The molecule has 0 radical (unpaired) electrons. The fraction of sp³-hybridized carbons (Fsp3) is 0.333. The molecular formula is C18H21NO4. The average Bonchev–Trinajstić information content (AvgIpc) is 2.45. The number of rotatable bonds is 3. The van der Waals surface area contributed by atoms with Crippen molar-refractivity contribution in [3.8, 4) is 5.75 Å². The highest BCUT2D eigenvalue weighted by Gasteiger charge is 2.22. The summed E-state index contributed by atoms with van der Waals surface area (Å²) in [6.07, 6.45) is -0.653. The van der Waals surface area contributed by atoms with Crippen LogP contribution in [0.4, 0.5) is 4.79 Å². The topological polar surface area (TPSA) is 64.6 Å². The van der Waals surface area contributed by atoms with E-state index in [0.29, 0.717) is 5.75 Å². The van der Waals surface area contributed by atoms with Gasteiger partial charge in [-0.2, -0.15) is 0 Å². The van der Waals surface area contributed by atoms with Crippen LogP contribution in [-0.2, 0) is 9.53 Å². The van der Waals surface area contributed by atoms with E-state index in [0.717, 1.165) is 10.8 Å². The highest BCUT2D eigenvalue weighted by atomic mass is 16.6. The van der Waals surface area contributed by atoms with Crippen LogP contribution in [0.2, 0.25) is 0 Å². The predicted octanol–water partition coefficient (Wildman–Crippen LogP) is 3.66. The van der Waals surface area contributed by atoms with E-state index in [1.807, 2.05) is 36.4 Å². The van der Waals surface area contributed by atoms with Gasteiger partial charge >= 0.3 is 12.1 Å². The van der Waals surface area contributed by atoms with Gasteiger partial charge < -0.3 is 14.8 Å². The van der Waals surface area contributed by atoms with Gasteiger partial charge in [-0.25, -0.2) is 9.59 Å². The molecule has 0 unspecified atom stereocenters. The fourth-order valence-corrected chi connectivity index (χ4v) is 2.02. The van der Waals surface area contributed by atoms with Crippen LogP contribution < -0.4 is 10.1 Å². The monoisotopic (exact) mass is 315 g/mol. The van der Waals surface area contributed by atoms with Crippen LogP contribution in [0.1, 0.15) is 27.7 Å². The third-order valence-electron chi connectivity index (χ3n) is 3.05. The van der Waals surface area contributed by atoms with Crippen molar-refractivity contribution in [2.24, 2.45) is 0 Å². The summed E-state index contributed by atoms with van der Waals surface area (Å²) in [5, 5.41) is 4.29. The lowest BCUT2D eigenvalue weighted by molar-refractivity contribution is -0.136. The number of fused-ring (bicyclic) bond motifs is 1. The van der Waals surface area contributed by atoms with E-state index in [-0.39, 0.29) is 0 Å². The molecule has 2 aromatic rings. The lowest BCUT2D eigenvalue weighted by atomic mass is 10.1. The number of amides is 1. The number of carbonyl (C=O) groups is 2. The first-order valence-corrected chi connectivity index (χ1v) is 7.45. The Morgan fingerprint density at radius 2 is 1.70 bits per heavy atom. The minimum Gasteiger partial charge on any atom is -0.444 e. The molecule has 2 aromatic carbocycles. The highest BCUT2D eigenvalue weighted by molar-refractivity contribution is 5.91. The molecule has 1 N–H and O–H groups in total. The van der Waals surface area contributed by atoms with Crippen LogP contribution in [0.15, 0.2) is 42.5 Å². The molecule has 0 saturated heterocycles. The summed E-state index contributed by atoms with van der Waals surface area (Å²) in [6.45, 7) is 6.82. The molecule has 0 fully saturated rings. The normalized spacial score (nSPS) is 12.5. The van der Waals surface area contributed by atoms with Gasteiger partial charge in [-0.3, -0.25) is 0 Å². The molecule has 0 aromatic heterocycles. The van der Waals surface area contributed by atoms with Crippen molar-refractivity contribution in [1.29, 1.82) is 0 Å². The number of carbonyl (C=O) groups excluding carboxylic acids is 2. The van der Waals surface area contributed by atoms with Crippen LogP contribution in [0.25, 0.3) is 10.8 Å². The van der Waals surface area contributed by atoms with Gasteiger partial charge in [0, 0.05) is 5.39 Å².